The fourth-order valence-electron chi connectivity index (χ4n) is 7.34. The van der Waals surface area contributed by atoms with E-state index in [-0.39, 0.29) is 5.82 Å². The molecule has 1 aromatic carbocycles. The highest BCUT2D eigenvalue weighted by molar-refractivity contribution is 5.84. The fourth-order valence-corrected chi connectivity index (χ4v) is 7.34. The summed E-state index contributed by atoms with van der Waals surface area (Å²) in [5, 5.41) is 5.28. The van der Waals surface area contributed by atoms with Gasteiger partial charge in [0.15, 0.2) is 0 Å². The number of hydrogen-bond acceptors (Lipinski definition) is 1. The normalized spacial score (nSPS) is 29.9. The highest BCUT2D eigenvalue weighted by Crippen LogP contribution is 2.55. The summed E-state index contributed by atoms with van der Waals surface area (Å²) >= 11 is 0. The number of benzene rings is 1. The molecule has 2 aromatic rings. The maximum absolute atomic E-state index is 14.0. The molecular weight excluding hydrogens is 371 g/mol. The van der Waals surface area contributed by atoms with Gasteiger partial charge in [0.25, 0.3) is 0 Å². The maximum atomic E-state index is 14.0. The first-order valence-corrected chi connectivity index (χ1v) is 12.7. The molecular formula is C27H39FN2. The minimum absolute atomic E-state index is 0.120. The monoisotopic (exact) mass is 410 g/mol. The van der Waals surface area contributed by atoms with Crippen molar-refractivity contribution in [1.29, 1.82) is 0 Å². The molecule has 1 N–H and O–H groups in total. The third-order valence-corrected chi connectivity index (χ3v) is 8.37. The summed E-state index contributed by atoms with van der Waals surface area (Å²) in [4.78, 5) is 0. The number of unbranched alkanes of at least 4 members (excludes halogenated alkanes) is 5. The van der Waals surface area contributed by atoms with Crippen molar-refractivity contribution in [3.63, 3.8) is 0 Å². The van der Waals surface area contributed by atoms with E-state index in [1.165, 1.54) is 88.0 Å². The number of hydrogen-bond donors (Lipinski definition) is 1. The Morgan fingerprint density at radius 1 is 0.967 bits per heavy atom. The van der Waals surface area contributed by atoms with E-state index in [2.05, 4.69) is 23.0 Å². The Bertz CT molecular complexity index is 832. The summed E-state index contributed by atoms with van der Waals surface area (Å²) in [5.74, 6) is 2.77. The average Bonchev–Trinajstić information content (AvgIpc) is 3.05. The SMILES string of the molecule is CCCCCCCCn1cc(CNC23CC4CC(CC(C4)C2)C3)c2ccc(F)cc21. The Hall–Kier alpha value is -1.35. The second-order valence-electron chi connectivity index (χ2n) is 10.8. The summed E-state index contributed by atoms with van der Waals surface area (Å²) in [6.07, 6.45) is 18.7. The van der Waals surface area contributed by atoms with Crippen LogP contribution in [-0.2, 0) is 13.1 Å². The first kappa shape index (κ1) is 20.5. The van der Waals surface area contributed by atoms with Gasteiger partial charge in [0.2, 0.25) is 0 Å². The lowest BCUT2D eigenvalue weighted by atomic mass is 9.53. The largest absolute Gasteiger partial charge is 0.347 e. The second kappa shape index (κ2) is 8.65. The Morgan fingerprint density at radius 3 is 2.33 bits per heavy atom. The van der Waals surface area contributed by atoms with Crippen LogP contribution in [0.2, 0.25) is 0 Å². The van der Waals surface area contributed by atoms with Gasteiger partial charge in [-0.1, -0.05) is 39.0 Å². The van der Waals surface area contributed by atoms with Crippen LogP contribution in [0.3, 0.4) is 0 Å². The highest BCUT2D eigenvalue weighted by atomic mass is 19.1. The van der Waals surface area contributed by atoms with Crippen molar-refractivity contribution in [3.8, 4) is 0 Å². The Kier molecular flexibility index (Phi) is 5.92. The van der Waals surface area contributed by atoms with Gasteiger partial charge in [-0.15, -0.1) is 0 Å². The lowest BCUT2D eigenvalue weighted by Crippen LogP contribution is -2.58. The molecule has 6 rings (SSSR count). The van der Waals surface area contributed by atoms with E-state index in [0.29, 0.717) is 5.54 Å². The number of rotatable bonds is 10. The van der Waals surface area contributed by atoms with Crippen LogP contribution >= 0.6 is 0 Å². The van der Waals surface area contributed by atoms with Gasteiger partial charge in [-0.25, -0.2) is 4.39 Å². The van der Waals surface area contributed by atoms with E-state index in [0.717, 1.165) is 36.4 Å². The zero-order valence-corrected chi connectivity index (χ0v) is 18.8. The number of nitrogens with zero attached hydrogens (tertiary/aromatic N) is 1. The van der Waals surface area contributed by atoms with Crippen LogP contribution in [0.1, 0.15) is 89.5 Å². The number of halogens is 1. The lowest BCUT2D eigenvalue weighted by Gasteiger charge is -2.57. The molecule has 3 heteroatoms. The van der Waals surface area contributed by atoms with Gasteiger partial charge in [-0.2, -0.15) is 0 Å². The average molecular weight is 411 g/mol. The molecule has 0 saturated heterocycles. The Balaban J connectivity index is 1.27. The molecule has 164 valence electrons. The number of nitrogens with one attached hydrogen (secondary N) is 1. The van der Waals surface area contributed by atoms with Gasteiger partial charge >= 0.3 is 0 Å². The van der Waals surface area contributed by atoms with Crippen molar-refractivity contribution < 1.29 is 4.39 Å². The van der Waals surface area contributed by atoms with Crippen molar-refractivity contribution in [2.24, 2.45) is 17.8 Å². The van der Waals surface area contributed by atoms with E-state index in [9.17, 15) is 4.39 Å². The topological polar surface area (TPSA) is 17.0 Å². The number of aromatic nitrogens is 1. The molecule has 4 saturated carbocycles. The molecule has 0 amide bonds. The Morgan fingerprint density at radius 2 is 1.63 bits per heavy atom. The smallest absolute Gasteiger partial charge is 0.125 e. The van der Waals surface area contributed by atoms with Gasteiger partial charge in [-0.05, 0) is 86.5 Å². The quantitative estimate of drug-likeness (QED) is 0.410. The van der Waals surface area contributed by atoms with Crippen molar-refractivity contribution in [2.75, 3.05) is 0 Å². The van der Waals surface area contributed by atoms with Gasteiger partial charge in [-0.3, -0.25) is 0 Å². The van der Waals surface area contributed by atoms with Crippen LogP contribution in [0.5, 0.6) is 0 Å². The zero-order chi connectivity index (χ0) is 20.6. The van der Waals surface area contributed by atoms with Gasteiger partial charge in [0.1, 0.15) is 5.82 Å². The molecule has 4 bridgehead atoms. The summed E-state index contributed by atoms with van der Waals surface area (Å²) in [6, 6.07) is 5.37. The summed E-state index contributed by atoms with van der Waals surface area (Å²) in [6.45, 7) is 4.20. The molecule has 0 aliphatic heterocycles. The van der Waals surface area contributed by atoms with Gasteiger partial charge in [0, 0.05) is 30.2 Å². The highest BCUT2D eigenvalue weighted by Gasteiger charge is 2.50. The first-order valence-electron chi connectivity index (χ1n) is 12.7. The second-order valence-corrected chi connectivity index (χ2v) is 10.8. The standard InChI is InChI=1S/C27H39FN2/c1-2-3-4-5-6-7-10-30-19-23(25-9-8-24(28)14-26(25)30)18-29-27-15-20-11-21(16-27)13-22(12-20)17-27/h8-9,14,19-22,29H,2-7,10-13,15-18H2,1H3. The van der Waals surface area contributed by atoms with Crippen molar-refractivity contribution in [1.82, 2.24) is 9.88 Å². The van der Waals surface area contributed by atoms with Crippen LogP contribution in [0.25, 0.3) is 10.9 Å². The third kappa shape index (κ3) is 4.20. The minimum atomic E-state index is -0.120. The molecule has 0 atom stereocenters. The zero-order valence-electron chi connectivity index (χ0n) is 18.8. The maximum Gasteiger partial charge on any atom is 0.125 e. The van der Waals surface area contributed by atoms with Crippen molar-refractivity contribution in [2.45, 2.75) is 103 Å². The third-order valence-electron chi connectivity index (χ3n) is 8.37. The van der Waals surface area contributed by atoms with Crippen molar-refractivity contribution in [3.05, 3.63) is 35.8 Å². The predicted octanol–water partition coefficient (Wildman–Crippen LogP) is 7.20. The molecule has 0 spiro atoms. The molecule has 2 nitrogen and oxygen atoms in total. The van der Waals surface area contributed by atoms with E-state index in [1.54, 1.807) is 12.1 Å². The van der Waals surface area contributed by atoms with Crippen LogP contribution in [0, 0.1) is 23.6 Å². The van der Waals surface area contributed by atoms with Crippen LogP contribution in [0.4, 0.5) is 4.39 Å². The van der Waals surface area contributed by atoms with E-state index >= 15 is 0 Å². The fraction of sp³-hybridized carbons (Fsp3) is 0.704. The molecule has 0 radical (unpaired) electrons. The van der Waals surface area contributed by atoms with Crippen LogP contribution < -0.4 is 5.32 Å². The Labute approximate surface area is 181 Å². The van der Waals surface area contributed by atoms with E-state index in [4.69, 9.17) is 0 Å². The van der Waals surface area contributed by atoms with Gasteiger partial charge in [0.05, 0.1) is 5.52 Å². The summed E-state index contributed by atoms with van der Waals surface area (Å²) in [5.41, 5.74) is 2.81. The molecule has 30 heavy (non-hydrogen) atoms. The first-order chi connectivity index (χ1) is 14.6. The molecule has 0 unspecified atom stereocenters. The van der Waals surface area contributed by atoms with E-state index in [1.807, 2.05) is 6.07 Å². The molecule has 4 fully saturated rings. The molecule has 1 aromatic heterocycles. The summed E-state index contributed by atoms with van der Waals surface area (Å²) < 4.78 is 16.3. The van der Waals surface area contributed by atoms with Crippen LogP contribution in [0.15, 0.2) is 24.4 Å². The molecule has 4 aliphatic carbocycles. The minimum Gasteiger partial charge on any atom is -0.347 e. The predicted molar refractivity (Wildman–Crippen MR) is 123 cm³/mol. The number of fused-ring (bicyclic) bond motifs is 1. The molecule has 1 heterocycles. The number of aryl methyl sites for hydroxylation is 1. The lowest BCUT2D eigenvalue weighted by molar-refractivity contribution is -0.0205. The molecule has 4 aliphatic rings. The van der Waals surface area contributed by atoms with Crippen molar-refractivity contribution >= 4 is 10.9 Å². The van der Waals surface area contributed by atoms with Crippen LogP contribution in [-0.4, -0.2) is 10.1 Å². The van der Waals surface area contributed by atoms with Gasteiger partial charge < -0.3 is 9.88 Å². The van der Waals surface area contributed by atoms with E-state index < -0.39 is 0 Å². The summed E-state index contributed by atoms with van der Waals surface area (Å²) in [7, 11) is 0.